The van der Waals surface area contributed by atoms with Gasteiger partial charge in [0.2, 0.25) is 0 Å². The van der Waals surface area contributed by atoms with Crippen molar-refractivity contribution in [3.63, 3.8) is 0 Å². The van der Waals surface area contributed by atoms with Gasteiger partial charge in [-0.2, -0.15) is 0 Å². The Bertz CT molecular complexity index is 626. The van der Waals surface area contributed by atoms with E-state index in [1.807, 2.05) is 6.92 Å². The maximum atomic E-state index is 14.0. The number of pyridine rings is 1. The van der Waals surface area contributed by atoms with Gasteiger partial charge in [0.05, 0.1) is 12.1 Å². The number of rotatable bonds is 6. The fourth-order valence-corrected chi connectivity index (χ4v) is 2.22. The second-order valence-electron chi connectivity index (χ2n) is 5.41. The topological polar surface area (TPSA) is 34.2 Å². The van der Waals surface area contributed by atoms with Gasteiger partial charge in [-0.15, -0.1) is 0 Å². The molecule has 2 rings (SSSR count). The molecule has 1 aromatic carbocycles. The third kappa shape index (κ3) is 3.43. The largest absolute Gasteiger partial charge is 0.491 e. The van der Waals surface area contributed by atoms with Crippen molar-refractivity contribution in [3.05, 3.63) is 29.7 Å². The van der Waals surface area contributed by atoms with E-state index >= 15 is 0 Å². The number of hydrogen-bond donors (Lipinski definition) is 1. The fourth-order valence-electron chi connectivity index (χ4n) is 2.22. The summed E-state index contributed by atoms with van der Waals surface area (Å²) in [5.41, 5.74) is 2.62. The van der Waals surface area contributed by atoms with Gasteiger partial charge in [0.15, 0.2) is 11.6 Å². The van der Waals surface area contributed by atoms with E-state index in [4.69, 9.17) is 4.74 Å². The van der Waals surface area contributed by atoms with Crippen LogP contribution in [0.3, 0.4) is 0 Å². The second-order valence-corrected chi connectivity index (χ2v) is 5.41. The van der Waals surface area contributed by atoms with E-state index in [2.05, 4.69) is 37.1 Å². The Hall–Kier alpha value is -1.84. The summed E-state index contributed by atoms with van der Waals surface area (Å²) >= 11 is 0. The zero-order chi connectivity index (χ0) is 15.4. The van der Waals surface area contributed by atoms with Gasteiger partial charge < -0.3 is 10.1 Å². The highest BCUT2D eigenvalue weighted by atomic mass is 19.1. The number of ether oxygens (including phenoxy) is 1. The summed E-state index contributed by atoms with van der Waals surface area (Å²) in [6.07, 6.45) is 1.03. The molecule has 1 heterocycles. The minimum absolute atomic E-state index is 0.281. The molecule has 0 fully saturated rings. The minimum Gasteiger partial charge on any atom is -0.491 e. The average Bonchev–Trinajstić information content (AvgIpc) is 2.45. The molecule has 1 N–H and O–H groups in total. The highest BCUT2D eigenvalue weighted by Crippen LogP contribution is 2.31. The Morgan fingerprint density at radius 1 is 1.24 bits per heavy atom. The molecule has 0 spiro atoms. The van der Waals surface area contributed by atoms with Crippen molar-refractivity contribution in [1.29, 1.82) is 0 Å². The van der Waals surface area contributed by atoms with Crippen LogP contribution >= 0.6 is 0 Å². The Morgan fingerprint density at radius 3 is 2.62 bits per heavy atom. The first-order valence-electron chi connectivity index (χ1n) is 7.57. The minimum atomic E-state index is -0.362. The second kappa shape index (κ2) is 6.74. The lowest BCUT2D eigenvalue weighted by Crippen LogP contribution is -2.04. The Labute approximate surface area is 125 Å². The van der Waals surface area contributed by atoms with Crippen molar-refractivity contribution in [2.45, 2.75) is 40.0 Å². The van der Waals surface area contributed by atoms with E-state index in [1.54, 1.807) is 6.07 Å². The molecule has 4 heteroatoms. The first-order chi connectivity index (χ1) is 10.1. The average molecular weight is 290 g/mol. The lowest BCUT2D eigenvalue weighted by atomic mass is 10.1. The van der Waals surface area contributed by atoms with Crippen LogP contribution in [0.15, 0.2) is 18.2 Å². The van der Waals surface area contributed by atoms with Crippen molar-refractivity contribution in [3.8, 4) is 5.75 Å². The number of nitrogens with one attached hydrogen (secondary N) is 1. The quantitative estimate of drug-likeness (QED) is 0.836. The number of benzene rings is 1. The molecule has 0 radical (unpaired) electrons. The van der Waals surface area contributed by atoms with E-state index in [9.17, 15) is 4.39 Å². The van der Waals surface area contributed by atoms with E-state index in [0.717, 1.165) is 29.7 Å². The van der Waals surface area contributed by atoms with Gasteiger partial charge in [-0.05, 0) is 31.4 Å². The Kier molecular flexibility index (Phi) is 4.99. The van der Waals surface area contributed by atoms with Gasteiger partial charge in [0, 0.05) is 29.4 Å². The van der Waals surface area contributed by atoms with Crippen LogP contribution in [0.4, 0.5) is 10.1 Å². The molecule has 114 valence electrons. The van der Waals surface area contributed by atoms with Crippen LogP contribution < -0.4 is 10.1 Å². The lowest BCUT2D eigenvalue weighted by Gasteiger charge is -2.14. The molecule has 21 heavy (non-hydrogen) atoms. The third-order valence-electron chi connectivity index (χ3n) is 3.34. The highest BCUT2D eigenvalue weighted by Gasteiger charge is 2.13. The molecule has 1 aromatic heterocycles. The van der Waals surface area contributed by atoms with E-state index in [-0.39, 0.29) is 11.6 Å². The normalized spacial score (nSPS) is 11.1. The lowest BCUT2D eigenvalue weighted by molar-refractivity contribution is 0.322. The molecule has 0 atom stereocenters. The summed E-state index contributed by atoms with van der Waals surface area (Å²) in [6.45, 7) is 9.45. The molecule has 0 aliphatic rings. The molecular weight excluding hydrogens is 267 g/mol. The van der Waals surface area contributed by atoms with Crippen LogP contribution in [0, 0.1) is 5.82 Å². The van der Waals surface area contributed by atoms with Crippen LogP contribution in [0.25, 0.3) is 10.9 Å². The Balaban J connectivity index is 2.60. The number of halogens is 1. The molecule has 0 amide bonds. The fraction of sp³-hybridized carbons (Fsp3) is 0.471. The summed E-state index contributed by atoms with van der Waals surface area (Å²) in [4.78, 5) is 4.57. The van der Waals surface area contributed by atoms with Crippen molar-refractivity contribution >= 4 is 16.6 Å². The van der Waals surface area contributed by atoms with E-state index < -0.39 is 0 Å². The number of anilines is 1. The van der Waals surface area contributed by atoms with Gasteiger partial charge >= 0.3 is 0 Å². The molecule has 2 aromatic rings. The molecule has 3 nitrogen and oxygen atoms in total. The molecular formula is C17H23FN2O. The number of nitrogens with zero attached hydrogens (tertiary/aromatic N) is 1. The van der Waals surface area contributed by atoms with Gasteiger partial charge in [-0.25, -0.2) is 4.39 Å². The smallest absolute Gasteiger partial charge is 0.167 e. The zero-order valence-corrected chi connectivity index (χ0v) is 13.2. The summed E-state index contributed by atoms with van der Waals surface area (Å²) in [5.74, 6) is 0.217. The van der Waals surface area contributed by atoms with Crippen molar-refractivity contribution in [1.82, 2.24) is 4.98 Å². The molecule has 0 aliphatic heterocycles. The van der Waals surface area contributed by atoms with Crippen LogP contribution in [0.2, 0.25) is 0 Å². The van der Waals surface area contributed by atoms with Crippen LogP contribution in [-0.4, -0.2) is 18.1 Å². The van der Waals surface area contributed by atoms with Crippen molar-refractivity contribution in [2.75, 3.05) is 18.5 Å². The van der Waals surface area contributed by atoms with Gasteiger partial charge in [-0.3, -0.25) is 4.98 Å². The number of aromatic nitrogens is 1. The SMILES string of the molecule is CCCNc1cc(C(C)C)nc2cc(F)c(OCC)cc12. The summed E-state index contributed by atoms with van der Waals surface area (Å²) < 4.78 is 19.4. The number of fused-ring (bicyclic) bond motifs is 1. The number of hydrogen-bond acceptors (Lipinski definition) is 3. The van der Waals surface area contributed by atoms with Gasteiger partial charge in [0.1, 0.15) is 0 Å². The monoisotopic (exact) mass is 290 g/mol. The standard InChI is InChI=1S/C17H23FN2O/c1-5-7-19-15-10-14(11(3)4)20-16-9-13(18)17(21-6-2)8-12(15)16/h8-11H,5-7H2,1-4H3,(H,19,20). The predicted octanol–water partition coefficient (Wildman–Crippen LogP) is 4.72. The molecule has 0 aliphatic carbocycles. The van der Waals surface area contributed by atoms with Crippen LogP contribution in [0.5, 0.6) is 5.75 Å². The zero-order valence-electron chi connectivity index (χ0n) is 13.2. The first kappa shape index (κ1) is 15.5. The Morgan fingerprint density at radius 2 is 2.00 bits per heavy atom. The maximum absolute atomic E-state index is 14.0. The van der Waals surface area contributed by atoms with Crippen molar-refractivity contribution < 1.29 is 9.13 Å². The molecule has 0 saturated heterocycles. The summed E-state index contributed by atoms with van der Waals surface area (Å²) in [5, 5.41) is 4.30. The molecule has 0 saturated carbocycles. The molecule has 0 unspecified atom stereocenters. The van der Waals surface area contributed by atoms with Gasteiger partial charge in [-0.1, -0.05) is 20.8 Å². The van der Waals surface area contributed by atoms with E-state index in [0.29, 0.717) is 18.0 Å². The van der Waals surface area contributed by atoms with Crippen LogP contribution in [0.1, 0.15) is 45.7 Å². The maximum Gasteiger partial charge on any atom is 0.167 e. The first-order valence-corrected chi connectivity index (χ1v) is 7.57. The summed E-state index contributed by atoms with van der Waals surface area (Å²) in [7, 11) is 0. The highest BCUT2D eigenvalue weighted by molar-refractivity contribution is 5.92. The predicted molar refractivity (Wildman–Crippen MR) is 85.7 cm³/mol. The summed E-state index contributed by atoms with van der Waals surface area (Å²) in [6, 6.07) is 5.25. The van der Waals surface area contributed by atoms with Crippen molar-refractivity contribution in [2.24, 2.45) is 0 Å². The van der Waals surface area contributed by atoms with E-state index in [1.165, 1.54) is 6.07 Å². The van der Waals surface area contributed by atoms with Crippen LogP contribution in [-0.2, 0) is 0 Å². The molecule has 0 bridgehead atoms. The third-order valence-corrected chi connectivity index (χ3v) is 3.34. The van der Waals surface area contributed by atoms with Gasteiger partial charge in [0.25, 0.3) is 0 Å².